The minimum absolute atomic E-state index is 0.172. The highest BCUT2D eigenvalue weighted by Crippen LogP contribution is 2.35. The molecule has 0 bridgehead atoms. The third-order valence-electron chi connectivity index (χ3n) is 6.30. The van der Waals surface area contributed by atoms with Crippen molar-refractivity contribution in [2.24, 2.45) is 0 Å². The van der Waals surface area contributed by atoms with Gasteiger partial charge in [-0.2, -0.15) is 0 Å². The molecule has 0 aromatic heterocycles. The predicted molar refractivity (Wildman–Crippen MR) is 143 cm³/mol. The Hall–Kier alpha value is -4.22. The van der Waals surface area contributed by atoms with Crippen molar-refractivity contribution in [1.82, 2.24) is 15.1 Å². The van der Waals surface area contributed by atoms with Gasteiger partial charge in [-0.25, -0.2) is 4.79 Å². The minimum Gasteiger partial charge on any atom is -0.410 e. The summed E-state index contributed by atoms with van der Waals surface area (Å²) in [4.78, 5) is 53.9. The van der Waals surface area contributed by atoms with Crippen molar-refractivity contribution in [3.8, 4) is 5.75 Å². The van der Waals surface area contributed by atoms with E-state index < -0.39 is 6.09 Å². The van der Waals surface area contributed by atoms with E-state index in [1.807, 2.05) is 18.0 Å². The molecule has 1 N–H and O–H groups in total. The zero-order chi connectivity index (χ0) is 27.9. The Morgan fingerprint density at radius 3 is 2.26 bits per heavy atom. The van der Waals surface area contributed by atoms with Gasteiger partial charge in [-0.1, -0.05) is 18.2 Å². The van der Waals surface area contributed by atoms with Crippen LogP contribution in [0.1, 0.15) is 26.3 Å². The summed E-state index contributed by atoms with van der Waals surface area (Å²) < 4.78 is 16.5. The molecular weight excluding hydrogens is 504 g/mol. The van der Waals surface area contributed by atoms with Gasteiger partial charge in [-0.15, -0.1) is 0 Å². The summed E-state index contributed by atoms with van der Waals surface area (Å²) in [6, 6.07) is 12.2. The van der Waals surface area contributed by atoms with Crippen molar-refractivity contribution in [3.05, 3.63) is 70.9 Å². The summed E-state index contributed by atoms with van der Waals surface area (Å²) in [6.07, 6.45) is 1.60. The molecule has 0 saturated heterocycles. The van der Waals surface area contributed by atoms with Crippen LogP contribution < -0.4 is 15.0 Å². The van der Waals surface area contributed by atoms with Crippen molar-refractivity contribution in [1.29, 1.82) is 0 Å². The number of anilines is 1. The largest absolute Gasteiger partial charge is 0.414 e. The first-order chi connectivity index (χ1) is 18.8. The van der Waals surface area contributed by atoms with Crippen LogP contribution in [0.15, 0.2) is 54.2 Å². The Morgan fingerprint density at radius 2 is 1.59 bits per heavy atom. The number of ether oxygens (including phenoxy) is 3. The first-order valence-electron chi connectivity index (χ1n) is 12.6. The average molecular weight is 537 g/mol. The van der Waals surface area contributed by atoms with Gasteiger partial charge in [-0.05, 0) is 24.3 Å². The number of hydrogen-bond acceptors (Lipinski definition) is 8. The second-order valence-electron chi connectivity index (χ2n) is 9.25. The lowest BCUT2D eigenvalue weighted by atomic mass is 9.98. The van der Waals surface area contributed by atoms with Crippen LogP contribution in [0.25, 0.3) is 0 Å². The van der Waals surface area contributed by atoms with Gasteiger partial charge < -0.3 is 29.3 Å². The van der Waals surface area contributed by atoms with Gasteiger partial charge in [0.25, 0.3) is 11.8 Å². The molecule has 2 aliphatic heterocycles. The second kappa shape index (κ2) is 12.5. The highest BCUT2D eigenvalue weighted by molar-refractivity contribution is 6.21. The molecule has 4 rings (SSSR count). The summed E-state index contributed by atoms with van der Waals surface area (Å²) in [5, 5.41) is 2.84. The lowest BCUT2D eigenvalue weighted by Crippen LogP contribution is -2.33. The van der Waals surface area contributed by atoms with Crippen LogP contribution in [0.5, 0.6) is 5.75 Å². The molecule has 11 nitrogen and oxygen atoms in total. The molecule has 0 radical (unpaired) electrons. The monoisotopic (exact) mass is 536 g/mol. The minimum atomic E-state index is -0.490. The van der Waals surface area contributed by atoms with Crippen LogP contribution in [-0.2, 0) is 20.7 Å². The van der Waals surface area contributed by atoms with Gasteiger partial charge in [0.15, 0.2) is 0 Å². The standard InChI is InChI=1S/C28H32N4O7/c1-30(2)28(36)39-24-10-6-9-23-22(24)17-19(18-31(23)3)25(33)29-11-13-37-15-16-38-14-12-32-26(34)20-7-4-5-8-21(20)27(32)35/h4-10,18H,11-17H2,1-3H3,(H,29,33). The summed E-state index contributed by atoms with van der Waals surface area (Å²) in [5.74, 6) is -0.427. The maximum atomic E-state index is 12.8. The molecular formula is C28H32N4O7. The SMILES string of the molecule is CN(C)C(=O)Oc1cccc2c1CC(C(=O)NCCOCCOCCN1C(=O)c3ccccc3C1=O)=CN2C. The van der Waals surface area contributed by atoms with E-state index in [4.69, 9.17) is 14.2 Å². The number of amides is 4. The number of imide groups is 1. The third-order valence-corrected chi connectivity index (χ3v) is 6.30. The van der Waals surface area contributed by atoms with Crippen molar-refractivity contribution in [3.63, 3.8) is 0 Å². The number of hydrogen-bond donors (Lipinski definition) is 1. The first kappa shape index (κ1) is 27.8. The quantitative estimate of drug-likeness (QED) is 0.343. The second-order valence-corrected chi connectivity index (χ2v) is 9.25. The fraction of sp³-hybridized carbons (Fsp3) is 0.357. The molecule has 0 unspecified atom stereocenters. The fourth-order valence-electron chi connectivity index (χ4n) is 4.29. The predicted octanol–water partition coefficient (Wildman–Crippen LogP) is 2.07. The Balaban J connectivity index is 1.13. The molecule has 0 fully saturated rings. The molecule has 11 heteroatoms. The molecule has 2 aromatic carbocycles. The third kappa shape index (κ3) is 6.44. The number of nitrogens with one attached hydrogen (secondary N) is 1. The van der Waals surface area contributed by atoms with Gasteiger partial charge >= 0.3 is 6.09 Å². The number of nitrogens with zero attached hydrogens (tertiary/aromatic N) is 3. The smallest absolute Gasteiger partial charge is 0.410 e. The molecule has 0 saturated carbocycles. The zero-order valence-corrected chi connectivity index (χ0v) is 22.3. The van der Waals surface area contributed by atoms with E-state index in [-0.39, 0.29) is 37.5 Å². The lowest BCUT2D eigenvalue weighted by Gasteiger charge is -2.27. The Bertz CT molecular complexity index is 1260. The first-order valence-corrected chi connectivity index (χ1v) is 12.6. The van der Waals surface area contributed by atoms with Crippen LogP contribution in [0, 0.1) is 0 Å². The van der Waals surface area contributed by atoms with E-state index in [0.29, 0.717) is 48.6 Å². The van der Waals surface area contributed by atoms with Gasteiger partial charge in [0.05, 0.1) is 44.1 Å². The molecule has 2 aromatic rings. The number of carbonyl (C=O) groups excluding carboxylic acids is 4. The topological polar surface area (TPSA) is 118 Å². The van der Waals surface area contributed by atoms with Crippen LogP contribution in [-0.4, -0.2) is 94.3 Å². The molecule has 2 heterocycles. The van der Waals surface area contributed by atoms with E-state index in [9.17, 15) is 19.2 Å². The van der Waals surface area contributed by atoms with Crippen molar-refractivity contribution in [2.75, 3.05) is 65.6 Å². The molecule has 0 atom stereocenters. The number of benzene rings is 2. The number of rotatable bonds is 11. The van der Waals surface area contributed by atoms with Gasteiger partial charge in [0, 0.05) is 57.1 Å². The summed E-state index contributed by atoms with van der Waals surface area (Å²) in [6.45, 7) is 1.57. The normalized spacial score (nSPS) is 14.1. The summed E-state index contributed by atoms with van der Waals surface area (Å²) in [5.41, 5.74) is 3.00. The van der Waals surface area contributed by atoms with Crippen molar-refractivity contribution in [2.45, 2.75) is 6.42 Å². The van der Waals surface area contributed by atoms with Gasteiger partial charge in [-0.3, -0.25) is 19.3 Å². The number of fused-ring (bicyclic) bond motifs is 2. The maximum absolute atomic E-state index is 12.8. The van der Waals surface area contributed by atoms with Crippen LogP contribution >= 0.6 is 0 Å². The molecule has 0 aliphatic carbocycles. The van der Waals surface area contributed by atoms with Gasteiger partial charge in [0.1, 0.15) is 5.75 Å². The van der Waals surface area contributed by atoms with Crippen molar-refractivity contribution < 1.29 is 33.4 Å². The summed E-state index contributed by atoms with van der Waals surface area (Å²) in [7, 11) is 5.05. The van der Waals surface area contributed by atoms with Crippen LogP contribution in [0.3, 0.4) is 0 Å². The molecule has 206 valence electrons. The van der Waals surface area contributed by atoms with Crippen LogP contribution in [0.4, 0.5) is 10.5 Å². The Morgan fingerprint density at radius 1 is 0.923 bits per heavy atom. The Kier molecular flexibility index (Phi) is 8.95. The van der Waals surface area contributed by atoms with E-state index in [1.54, 1.807) is 56.7 Å². The van der Waals surface area contributed by atoms with Crippen molar-refractivity contribution >= 4 is 29.5 Å². The molecule has 0 spiro atoms. The van der Waals surface area contributed by atoms with E-state index in [1.165, 1.54) is 9.80 Å². The highest BCUT2D eigenvalue weighted by atomic mass is 16.6. The van der Waals surface area contributed by atoms with Crippen LogP contribution in [0.2, 0.25) is 0 Å². The average Bonchev–Trinajstić information content (AvgIpc) is 3.17. The zero-order valence-electron chi connectivity index (χ0n) is 22.3. The fourth-order valence-corrected chi connectivity index (χ4v) is 4.29. The van der Waals surface area contributed by atoms with E-state index >= 15 is 0 Å². The van der Waals surface area contributed by atoms with E-state index in [2.05, 4.69) is 5.32 Å². The Labute approximate surface area is 226 Å². The molecule has 2 aliphatic rings. The maximum Gasteiger partial charge on any atom is 0.414 e. The summed E-state index contributed by atoms with van der Waals surface area (Å²) >= 11 is 0. The lowest BCUT2D eigenvalue weighted by molar-refractivity contribution is -0.117. The highest BCUT2D eigenvalue weighted by Gasteiger charge is 2.34. The van der Waals surface area contributed by atoms with Gasteiger partial charge in [0.2, 0.25) is 5.91 Å². The molecule has 4 amide bonds. The van der Waals surface area contributed by atoms with E-state index in [0.717, 1.165) is 11.3 Å². The molecule has 39 heavy (non-hydrogen) atoms. The number of carbonyl (C=O) groups is 4.